The van der Waals surface area contributed by atoms with E-state index in [0.29, 0.717) is 29.7 Å². The summed E-state index contributed by atoms with van der Waals surface area (Å²) in [6, 6.07) is 19.5. The van der Waals surface area contributed by atoms with Crippen molar-refractivity contribution < 1.29 is 27.4 Å². The average Bonchev–Trinajstić information content (AvgIpc) is 2.75. The molecule has 1 unspecified atom stereocenters. The van der Waals surface area contributed by atoms with Gasteiger partial charge < -0.3 is 14.2 Å². The number of ether oxygens (including phenoxy) is 3. The van der Waals surface area contributed by atoms with Crippen LogP contribution < -0.4 is 9.47 Å². The standard InChI is InChI=1S/C23H21ClF3NO3/c1-2-30-19-13-11-17(12-14-19)22(24,23(25,26)27)16-29-15-18-7-6-10-21(28-18)31-20-8-4-3-5-9-20/h3-14H,2,15-16H2,1H3. The van der Waals surface area contributed by atoms with Crippen LogP contribution in [0.5, 0.6) is 17.4 Å². The van der Waals surface area contributed by atoms with E-state index in [1.54, 1.807) is 37.3 Å². The van der Waals surface area contributed by atoms with Crippen LogP contribution in [-0.4, -0.2) is 24.4 Å². The van der Waals surface area contributed by atoms with Gasteiger partial charge in [0.15, 0.2) is 4.87 Å². The highest BCUT2D eigenvalue weighted by Gasteiger charge is 2.55. The second-order valence-electron chi connectivity index (χ2n) is 6.63. The first kappa shape index (κ1) is 22.9. The molecule has 1 heterocycles. The molecule has 31 heavy (non-hydrogen) atoms. The van der Waals surface area contributed by atoms with Crippen molar-refractivity contribution in [3.63, 3.8) is 0 Å². The van der Waals surface area contributed by atoms with Gasteiger partial charge >= 0.3 is 6.18 Å². The number of alkyl halides is 4. The van der Waals surface area contributed by atoms with Crippen LogP contribution in [0.4, 0.5) is 13.2 Å². The van der Waals surface area contributed by atoms with Gasteiger partial charge in [-0.3, -0.25) is 0 Å². The maximum absolute atomic E-state index is 13.8. The topological polar surface area (TPSA) is 40.6 Å². The first-order valence-electron chi connectivity index (χ1n) is 9.57. The molecule has 0 saturated heterocycles. The van der Waals surface area contributed by atoms with Crippen molar-refractivity contribution >= 4 is 11.6 Å². The summed E-state index contributed by atoms with van der Waals surface area (Å²) in [5, 5.41) is 0. The normalized spacial score (nSPS) is 13.5. The zero-order valence-corrected chi connectivity index (χ0v) is 17.5. The van der Waals surface area contributed by atoms with E-state index in [-0.39, 0.29) is 12.2 Å². The highest BCUT2D eigenvalue weighted by molar-refractivity contribution is 6.24. The lowest BCUT2D eigenvalue weighted by atomic mass is 9.98. The van der Waals surface area contributed by atoms with E-state index in [2.05, 4.69) is 4.98 Å². The third-order valence-corrected chi connectivity index (χ3v) is 4.91. The molecule has 0 bridgehead atoms. The maximum Gasteiger partial charge on any atom is 0.413 e. The van der Waals surface area contributed by atoms with Crippen LogP contribution in [0.15, 0.2) is 72.8 Å². The minimum absolute atomic E-state index is 0.126. The Kier molecular flexibility index (Phi) is 7.41. The van der Waals surface area contributed by atoms with E-state index >= 15 is 0 Å². The molecule has 3 rings (SSSR count). The maximum atomic E-state index is 13.8. The first-order chi connectivity index (χ1) is 14.8. The van der Waals surface area contributed by atoms with Gasteiger partial charge in [-0.05, 0) is 42.8 Å². The molecule has 0 amide bonds. The van der Waals surface area contributed by atoms with Gasteiger partial charge in [-0.15, -0.1) is 11.6 Å². The Morgan fingerprint density at radius 3 is 2.23 bits per heavy atom. The Bertz CT molecular complexity index is 968. The van der Waals surface area contributed by atoms with E-state index < -0.39 is 17.7 Å². The Balaban J connectivity index is 1.68. The van der Waals surface area contributed by atoms with Gasteiger partial charge in [-0.1, -0.05) is 36.4 Å². The zero-order chi connectivity index (χ0) is 22.3. The van der Waals surface area contributed by atoms with Gasteiger partial charge in [-0.2, -0.15) is 13.2 Å². The highest BCUT2D eigenvalue weighted by Crippen LogP contribution is 2.45. The third kappa shape index (κ3) is 5.89. The number of aromatic nitrogens is 1. The molecule has 3 aromatic rings. The molecule has 2 aromatic carbocycles. The number of halogens is 4. The van der Waals surface area contributed by atoms with Crippen LogP contribution in [0.25, 0.3) is 0 Å². The lowest BCUT2D eigenvalue weighted by molar-refractivity contribution is -0.179. The molecule has 0 saturated carbocycles. The average molecular weight is 452 g/mol. The van der Waals surface area contributed by atoms with Crippen LogP contribution in [0.1, 0.15) is 18.2 Å². The van der Waals surface area contributed by atoms with Crippen molar-refractivity contribution in [3.05, 3.63) is 84.1 Å². The minimum atomic E-state index is -4.73. The minimum Gasteiger partial charge on any atom is -0.494 e. The van der Waals surface area contributed by atoms with Gasteiger partial charge in [-0.25, -0.2) is 4.98 Å². The van der Waals surface area contributed by atoms with Crippen LogP contribution in [0.3, 0.4) is 0 Å². The summed E-state index contributed by atoms with van der Waals surface area (Å²) in [7, 11) is 0. The lowest BCUT2D eigenvalue weighted by Crippen LogP contribution is -2.41. The molecule has 8 heteroatoms. The predicted molar refractivity (Wildman–Crippen MR) is 112 cm³/mol. The SMILES string of the molecule is CCOc1ccc(C(Cl)(COCc2cccc(Oc3ccccc3)n2)C(F)(F)F)cc1. The predicted octanol–water partition coefficient (Wildman–Crippen LogP) is 6.49. The van der Waals surface area contributed by atoms with Crippen LogP contribution in [0.2, 0.25) is 0 Å². The Labute approximate surface area is 183 Å². The summed E-state index contributed by atoms with van der Waals surface area (Å²) in [5.41, 5.74) is 0.292. The molecule has 0 fully saturated rings. The lowest BCUT2D eigenvalue weighted by Gasteiger charge is -2.30. The summed E-state index contributed by atoms with van der Waals surface area (Å²) in [6.45, 7) is 1.26. The quantitative estimate of drug-likeness (QED) is 0.349. The second kappa shape index (κ2) is 10.0. The van der Waals surface area contributed by atoms with E-state index in [1.807, 2.05) is 18.2 Å². The monoisotopic (exact) mass is 451 g/mol. The van der Waals surface area contributed by atoms with Gasteiger partial charge in [0.2, 0.25) is 5.88 Å². The van der Waals surface area contributed by atoms with E-state index in [9.17, 15) is 13.2 Å². The molecule has 0 aliphatic carbocycles. The van der Waals surface area contributed by atoms with Crippen LogP contribution in [0, 0.1) is 0 Å². The first-order valence-corrected chi connectivity index (χ1v) is 9.95. The molecule has 0 aliphatic rings. The fourth-order valence-corrected chi connectivity index (χ4v) is 3.01. The molecule has 1 aromatic heterocycles. The molecular weight excluding hydrogens is 431 g/mol. The van der Waals surface area contributed by atoms with Crippen molar-refractivity contribution in [3.8, 4) is 17.4 Å². The third-order valence-electron chi connectivity index (χ3n) is 4.37. The van der Waals surface area contributed by atoms with E-state index in [1.165, 1.54) is 24.3 Å². The number of rotatable bonds is 9. The van der Waals surface area contributed by atoms with E-state index in [4.69, 9.17) is 25.8 Å². The van der Waals surface area contributed by atoms with Crippen molar-refractivity contribution in [2.24, 2.45) is 0 Å². The fourth-order valence-electron chi connectivity index (χ4n) is 2.81. The molecule has 4 nitrogen and oxygen atoms in total. The second-order valence-corrected chi connectivity index (χ2v) is 7.28. The summed E-state index contributed by atoms with van der Waals surface area (Å²) < 4.78 is 57.6. The molecule has 0 aliphatic heterocycles. The Morgan fingerprint density at radius 2 is 1.58 bits per heavy atom. The zero-order valence-electron chi connectivity index (χ0n) is 16.7. The number of nitrogens with zero attached hydrogens (tertiary/aromatic N) is 1. The Hall–Kier alpha value is -2.77. The highest BCUT2D eigenvalue weighted by atomic mass is 35.5. The molecule has 0 radical (unpaired) electrons. The van der Waals surface area contributed by atoms with Crippen LogP contribution >= 0.6 is 11.6 Å². The molecular formula is C23H21ClF3NO3. The summed E-state index contributed by atoms with van der Waals surface area (Å²) >= 11 is 6.04. The van der Waals surface area contributed by atoms with Crippen molar-refractivity contribution in [2.45, 2.75) is 24.6 Å². The van der Waals surface area contributed by atoms with Crippen molar-refractivity contribution in [1.29, 1.82) is 0 Å². The summed E-state index contributed by atoms with van der Waals surface area (Å²) in [5.74, 6) is 1.37. The largest absolute Gasteiger partial charge is 0.494 e. The van der Waals surface area contributed by atoms with Gasteiger partial charge in [0, 0.05) is 6.07 Å². The van der Waals surface area contributed by atoms with Crippen LogP contribution in [-0.2, 0) is 16.2 Å². The van der Waals surface area contributed by atoms with Crippen molar-refractivity contribution in [2.75, 3.05) is 13.2 Å². The van der Waals surface area contributed by atoms with Crippen molar-refractivity contribution in [1.82, 2.24) is 4.98 Å². The fraction of sp³-hybridized carbons (Fsp3) is 0.261. The van der Waals surface area contributed by atoms with E-state index in [0.717, 1.165) is 0 Å². The van der Waals surface area contributed by atoms with Gasteiger partial charge in [0.05, 0.1) is 25.5 Å². The number of para-hydroxylation sites is 1. The smallest absolute Gasteiger partial charge is 0.413 e. The summed E-state index contributed by atoms with van der Waals surface area (Å²) in [4.78, 5) is 1.57. The summed E-state index contributed by atoms with van der Waals surface area (Å²) in [6.07, 6.45) is -4.73. The Morgan fingerprint density at radius 1 is 0.871 bits per heavy atom. The molecule has 1 atom stereocenters. The molecule has 0 spiro atoms. The number of hydrogen-bond donors (Lipinski definition) is 0. The molecule has 0 N–H and O–H groups in total. The number of hydrogen-bond acceptors (Lipinski definition) is 4. The number of benzene rings is 2. The molecule has 164 valence electrons. The number of pyridine rings is 1. The van der Waals surface area contributed by atoms with Gasteiger partial charge in [0.25, 0.3) is 0 Å². The van der Waals surface area contributed by atoms with Gasteiger partial charge in [0.1, 0.15) is 11.5 Å².